The van der Waals surface area contributed by atoms with E-state index < -0.39 is 45.1 Å². The fraction of sp³-hybridized carbons (Fsp3) is 0.188. The van der Waals surface area contributed by atoms with Crippen molar-refractivity contribution in [1.29, 1.82) is 5.26 Å². The average Bonchev–Trinajstić information content (AvgIpc) is 2.52. The van der Waals surface area contributed by atoms with Crippen LogP contribution in [0.25, 0.3) is 0 Å². The Hall–Kier alpha value is -2.74. The van der Waals surface area contributed by atoms with Gasteiger partial charge in [-0.15, -0.1) is 0 Å². The molecule has 0 bridgehead atoms. The molecule has 0 aliphatic carbocycles. The zero-order valence-electron chi connectivity index (χ0n) is 13.1. The van der Waals surface area contributed by atoms with Crippen LogP contribution in [0.4, 0.5) is 26.3 Å². The Morgan fingerprint density at radius 2 is 1.48 bits per heavy atom. The van der Waals surface area contributed by atoms with Crippen LogP contribution in [0.3, 0.4) is 0 Å². The minimum Gasteiger partial charge on any atom is -0.382 e. The van der Waals surface area contributed by atoms with Gasteiger partial charge in [-0.05, 0) is 35.9 Å². The number of alkyl halides is 6. The summed E-state index contributed by atoms with van der Waals surface area (Å²) in [5.74, 6) is -1.96. The van der Waals surface area contributed by atoms with Crippen LogP contribution in [0.15, 0.2) is 42.5 Å². The first-order valence-corrected chi connectivity index (χ1v) is 8.58. The van der Waals surface area contributed by atoms with Crippen LogP contribution in [-0.4, -0.2) is 8.42 Å². The number of nitriles is 1. The topological polar surface area (TPSA) is 67.2 Å². The van der Waals surface area contributed by atoms with E-state index in [1.165, 1.54) is 24.3 Å². The molecule has 2 rings (SSSR count). The third kappa shape index (κ3) is 5.62. The molecule has 0 saturated heterocycles. The molecule has 11 heteroatoms. The van der Waals surface area contributed by atoms with Gasteiger partial charge in [0.15, 0.2) is 0 Å². The van der Waals surface area contributed by atoms with Crippen LogP contribution in [0.1, 0.15) is 22.3 Å². The lowest BCUT2D eigenvalue weighted by Crippen LogP contribution is -2.15. The number of nitrogens with zero attached hydrogens (tertiary/aromatic N) is 1. The highest BCUT2D eigenvalue weighted by molar-refractivity contribution is 7.86. The molecule has 0 amide bonds. The Labute approximate surface area is 149 Å². The third-order valence-electron chi connectivity index (χ3n) is 3.18. The zero-order chi connectivity index (χ0) is 20.5. The fourth-order valence-corrected chi connectivity index (χ4v) is 3.12. The fourth-order valence-electron chi connectivity index (χ4n) is 2.09. The molecule has 2 aromatic rings. The van der Waals surface area contributed by atoms with Crippen molar-refractivity contribution >= 4 is 10.1 Å². The molecule has 2 aromatic carbocycles. The molecule has 0 aromatic heterocycles. The molecule has 4 nitrogen and oxygen atoms in total. The molecule has 0 fully saturated rings. The quantitative estimate of drug-likeness (QED) is 0.551. The molecular formula is C16H9F6NO3S. The van der Waals surface area contributed by atoms with E-state index in [1.54, 1.807) is 6.07 Å². The van der Waals surface area contributed by atoms with Crippen molar-refractivity contribution in [3.05, 3.63) is 64.7 Å². The van der Waals surface area contributed by atoms with Gasteiger partial charge in [0.05, 0.1) is 22.8 Å². The molecule has 0 aliphatic rings. The number of benzene rings is 2. The first-order chi connectivity index (χ1) is 12.3. The summed E-state index contributed by atoms with van der Waals surface area (Å²) in [4.78, 5) is 0. The molecule has 0 heterocycles. The lowest BCUT2D eigenvalue weighted by Gasteiger charge is -2.14. The minimum absolute atomic E-state index is 0.0806. The highest BCUT2D eigenvalue weighted by Crippen LogP contribution is 2.38. The third-order valence-corrected chi connectivity index (χ3v) is 4.32. The minimum atomic E-state index is -5.13. The van der Waals surface area contributed by atoms with E-state index in [0.717, 1.165) is 0 Å². The normalized spacial score (nSPS) is 12.5. The summed E-state index contributed by atoms with van der Waals surface area (Å²) in [5, 5.41) is 8.77. The van der Waals surface area contributed by atoms with Gasteiger partial charge < -0.3 is 4.18 Å². The van der Waals surface area contributed by atoms with Gasteiger partial charge in [0.2, 0.25) is 0 Å². The number of hydrogen-bond donors (Lipinski definition) is 0. The van der Waals surface area contributed by atoms with Crippen molar-refractivity contribution in [2.45, 2.75) is 18.1 Å². The van der Waals surface area contributed by atoms with Gasteiger partial charge in [-0.2, -0.15) is 40.0 Å². The Morgan fingerprint density at radius 3 is 1.96 bits per heavy atom. The van der Waals surface area contributed by atoms with Crippen molar-refractivity contribution in [1.82, 2.24) is 0 Å². The summed E-state index contributed by atoms with van der Waals surface area (Å²) >= 11 is 0. The van der Waals surface area contributed by atoms with E-state index in [-0.39, 0.29) is 29.3 Å². The van der Waals surface area contributed by atoms with E-state index in [1.807, 2.05) is 0 Å². The lowest BCUT2D eigenvalue weighted by atomic mass is 10.1. The van der Waals surface area contributed by atoms with Gasteiger partial charge in [0, 0.05) is 0 Å². The maximum Gasteiger partial charge on any atom is 0.416 e. The molecule has 27 heavy (non-hydrogen) atoms. The Balaban J connectivity index is 2.38. The van der Waals surface area contributed by atoms with Crippen LogP contribution < -0.4 is 4.18 Å². The van der Waals surface area contributed by atoms with E-state index in [9.17, 15) is 34.8 Å². The number of rotatable bonds is 4. The van der Waals surface area contributed by atoms with Crippen molar-refractivity contribution in [3.8, 4) is 11.8 Å². The largest absolute Gasteiger partial charge is 0.416 e. The molecule has 144 valence electrons. The predicted molar refractivity (Wildman–Crippen MR) is 80.9 cm³/mol. The standard InChI is InChI=1S/C16H9F6NO3S/c17-15(18,19)12-5-13(16(20,21)22)7-14(6-12)26-27(24,25)9-11-3-1-2-10(4-11)8-23/h1-7H,9H2. The van der Waals surface area contributed by atoms with Crippen LogP contribution in [0.2, 0.25) is 0 Å². The second kappa shape index (κ2) is 7.11. The second-order valence-electron chi connectivity index (χ2n) is 5.34. The summed E-state index contributed by atoms with van der Waals surface area (Å²) in [6.07, 6.45) is -10.3. The first kappa shape index (κ1) is 20.6. The molecule has 0 N–H and O–H groups in total. The smallest absolute Gasteiger partial charge is 0.382 e. The summed E-state index contributed by atoms with van der Waals surface area (Å²) in [6.45, 7) is 0. The van der Waals surface area contributed by atoms with Crippen LogP contribution in [0, 0.1) is 11.3 Å². The Kier molecular flexibility index (Phi) is 5.42. The summed E-state index contributed by atoms with van der Waals surface area (Å²) < 4.78 is 105. The number of hydrogen-bond acceptors (Lipinski definition) is 4. The molecule has 0 unspecified atom stereocenters. The predicted octanol–water partition coefficient (Wildman–Crippen LogP) is 4.50. The van der Waals surface area contributed by atoms with Gasteiger partial charge in [0.1, 0.15) is 11.5 Å². The Morgan fingerprint density at radius 1 is 0.926 bits per heavy atom. The van der Waals surface area contributed by atoms with Gasteiger partial charge >= 0.3 is 22.5 Å². The summed E-state index contributed by atoms with van der Waals surface area (Å²) in [7, 11) is -4.58. The first-order valence-electron chi connectivity index (χ1n) is 7.01. The van der Waals surface area contributed by atoms with Crippen LogP contribution in [0.5, 0.6) is 5.75 Å². The lowest BCUT2D eigenvalue weighted by molar-refractivity contribution is -0.143. The summed E-state index contributed by atoms with van der Waals surface area (Å²) in [5.41, 5.74) is -3.19. The highest BCUT2D eigenvalue weighted by Gasteiger charge is 2.37. The van der Waals surface area contributed by atoms with Crippen molar-refractivity contribution in [2.24, 2.45) is 0 Å². The van der Waals surface area contributed by atoms with E-state index in [0.29, 0.717) is 0 Å². The van der Waals surface area contributed by atoms with Crippen LogP contribution in [-0.2, 0) is 28.2 Å². The van der Waals surface area contributed by atoms with Gasteiger partial charge in [-0.3, -0.25) is 0 Å². The molecule has 0 aliphatic heterocycles. The van der Waals surface area contributed by atoms with Gasteiger partial charge in [0.25, 0.3) is 0 Å². The van der Waals surface area contributed by atoms with Crippen molar-refractivity contribution in [3.63, 3.8) is 0 Å². The van der Waals surface area contributed by atoms with E-state index in [4.69, 9.17) is 5.26 Å². The molecule has 0 saturated carbocycles. The maximum atomic E-state index is 12.8. The highest BCUT2D eigenvalue weighted by atomic mass is 32.2. The maximum absolute atomic E-state index is 12.8. The molecule has 0 spiro atoms. The van der Waals surface area contributed by atoms with Crippen LogP contribution >= 0.6 is 0 Å². The van der Waals surface area contributed by atoms with E-state index >= 15 is 0 Å². The SMILES string of the molecule is N#Cc1cccc(CS(=O)(=O)Oc2cc(C(F)(F)F)cc(C(F)(F)F)c2)c1. The van der Waals surface area contributed by atoms with Gasteiger partial charge in [-0.1, -0.05) is 12.1 Å². The summed E-state index contributed by atoms with van der Waals surface area (Å²) in [6, 6.07) is 7.23. The van der Waals surface area contributed by atoms with Crippen molar-refractivity contribution in [2.75, 3.05) is 0 Å². The second-order valence-corrected chi connectivity index (χ2v) is 6.91. The monoisotopic (exact) mass is 409 g/mol. The Bertz CT molecular complexity index is 958. The molecule has 0 radical (unpaired) electrons. The zero-order valence-corrected chi connectivity index (χ0v) is 13.9. The molecule has 0 atom stereocenters. The van der Waals surface area contributed by atoms with Gasteiger partial charge in [-0.25, -0.2) is 0 Å². The van der Waals surface area contributed by atoms with E-state index in [2.05, 4.69) is 4.18 Å². The van der Waals surface area contributed by atoms with Crippen molar-refractivity contribution < 1.29 is 38.9 Å². The number of halogens is 6. The molecular weight excluding hydrogens is 400 g/mol. The average molecular weight is 409 g/mol.